The van der Waals surface area contributed by atoms with E-state index < -0.39 is 72.7 Å². The number of amides is 6. The lowest BCUT2D eigenvalue weighted by Crippen LogP contribution is -2.64. The number of fused-ring (bicyclic) bond motifs is 2. The van der Waals surface area contributed by atoms with E-state index in [1.54, 1.807) is 14.1 Å². The first-order chi connectivity index (χ1) is 24.3. The van der Waals surface area contributed by atoms with Crippen molar-refractivity contribution >= 4 is 53.7 Å². The van der Waals surface area contributed by atoms with E-state index in [0.29, 0.717) is 57.9 Å². The molecule has 5 rings (SSSR count). The van der Waals surface area contributed by atoms with Crippen LogP contribution in [0.5, 0.6) is 0 Å². The summed E-state index contributed by atoms with van der Waals surface area (Å²) in [6, 6.07) is -4.65. The Morgan fingerprint density at radius 1 is 0.863 bits per heavy atom. The monoisotopic (exact) mass is 722 g/mol. The van der Waals surface area contributed by atoms with Crippen molar-refractivity contribution in [1.82, 2.24) is 41.3 Å². The second-order valence-electron chi connectivity index (χ2n) is 12.7. The molecule has 5 saturated heterocycles. The molecule has 1 unspecified atom stereocenters. The fourth-order valence-corrected chi connectivity index (χ4v) is 6.83. The molecular formula is C31H46N8O12. The zero-order valence-electron chi connectivity index (χ0n) is 28.8. The number of cyclic esters (lactones) is 1. The van der Waals surface area contributed by atoms with Gasteiger partial charge >= 0.3 is 11.9 Å². The minimum atomic E-state index is -1.22. The second-order valence-corrected chi connectivity index (χ2v) is 12.7. The third-order valence-corrected chi connectivity index (χ3v) is 9.43. The molecule has 0 aromatic rings. The van der Waals surface area contributed by atoms with Crippen LogP contribution >= 0.6 is 0 Å². The second kappa shape index (κ2) is 17.5. The third-order valence-electron chi connectivity index (χ3n) is 9.43. The Hall–Kier alpha value is -4.69. The van der Waals surface area contributed by atoms with E-state index in [4.69, 9.17) is 14.6 Å². The Bertz CT molecular complexity index is 1400. The minimum absolute atomic E-state index is 0.00665. The Morgan fingerprint density at radius 3 is 1.82 bits per heavy atom. The zero-order chi connectivity index (χ0) is 37.4. The number of carbonyl (C=O) groups excluding carboxylic acids is 8. The molecule has 51 heavy (non-hydrogen) atoms. The van der Waals surface area contributed by atoms with Gasteiger partial charge in [-0.3, -0.25) is 48.4 Å². The van der Waals surface area contributed by atoms with Crippen molar-refractivity contribution in [2.75, 3.05) is 34.3 Å². The highest BCUT2D eigenvalue weighted by atomic mass is 16.7. The summed E-state index contributed by atoms with van der Waals surface area (Å²) in [6.07, 6.45) is 2.05. The normalized spacial score (nSPS) is 28.6. The van der Waals surface area contributed by atoms with Gasteiger partial charge in [-0.2, -0.15) is 0 Å². The van der Waals surface area contributed by atoms with E-state index in [9.17, 15) is 43.2 Å². The molecule has 5 aliphatic rings. The maximum Gasteiger partial charge on any atom is 0.310 e. The van der Waals surface area contributed by atoms with Crippen LogP contribution in [-0.4, -0.2) is 156 Å². The number of aldehydes is 1. The number of ether oxygens (including phenoxy) is 2. The van der Waals surface area contributed by atoms with E-state index in [-0.39, 0.29) is 42.9 Å². The van der Waals surface area contributed by atoms with E-state index in [1.165, 1.54) is 22.1 Å². The van der Waals surface area contributed by atoms with Crippen LogP contribution in [0.15, 0.2) is 0 Å². The molecule has 5 fully saturated rings. The van der Waals surface area contributed by atoms with Gasteiger partial charge in [0.15, 0.2) is 0 Å². The van der Waals surface area contributed by atoms with Crippen LogP contribution in [0.25, 0.3) is 0 Å². The number of hydrogen-bond donors (Lipinski definition) is 5. The van der Waals surface area contributed by atoms with Crippen LogP contribution in [0.4, 0.5) is 0 Å². The van der Waals surface area contributed by atoms with Crippen molar-refractivity contribution in [1.29, 1.82) is 0 Å². The van der Waals surface area contributed by atoms with Gasteiger partial charge in [0, 0.05) is 33.0 Å². The van der Waals surface area contributed by atoms with Gasteiger partial charge in [-0.25, -0.2) is 10.0 Å². The molecule has 0 aromatic carbocycles. The number of likely N-dealkylation sites (N-methyl/N-ethyl adjacent to an activating group) is 2. The first-order valence-electron chi connectivity index (χ1n) is 17.0. The standard InChI is InChI=1S/C16H24N4O6.C15H22N4O6/c1-17-9-5-6-12(21)19-7-3-4-11(20(19)15(9)24)14(23)18-10-8-13(22)26-16(10)25-2;1-16-10-4-5-12(21)18-6-2-3-11(19(18)15(10)25)14(24)17-9(8-20)7-13(22)23/h9-11,16-17H,3-8H2,1-2H3,(H,18,23);8-11,16H,2-7H2,1H3,(H,17,24)(H,22,23)/t9-,10-,11-,16?;9-,10-,11-/m00/s1. The van der Waals surface area contributed by atoms with Crippen LogP contribution in [0, 0.1) is 0 Å². The maximum absolute atomic E-state index is 12.9. The van der Waals surface area contributed by atoms with Gasteiger partial charge in [-0.05, 0) is 52.6 Å². The summed E-state index contributed by atoms with van der Waals surface area (Å²) in [7, 11) is 4.66. The molecule has 5 aliphatic heterocycles. The SMILES string of the molecule is CN[C@H]1CCC(=O)N2CCC[C@@H](C(=O)N[C@H](C=O)CC(=O)O)N2C1=O.CN[C@H]1CCC(=O)N2CCC[C@@H](C(=O)N[C@H]3CC(=O)OC3OC)N2C1=O. The number of esters is 1. The number of carboxylic acids is 1. The summed E-state index contributed by atoms with van der Waals surface area (Å²) in [4.78, 5) is 109. The molecule has 282 valence electrons. The number of nitrogens with zero attached hydrogens (tertiary/aromatic N) is 4. The fourth-order valence-electron chi connectivity index (χ4n) is 6.83. The molecule has 20 nitrogen and oxygen atoms in total. The van der Waals surface area contributed by atoms with Crippen LogP contribution in [0.2, 0.25) is 0 Å². The van der Waals surface area contributed by atoms with Gasteiger partial charge < -0.3 is 40.6 Å². The van der Waals surface area contributed by atoms with Crippen molar-refractivity contribution in [3.63, 3.8) is 0 Å². The van der Waals surface area contributed by atoms with Crippen LogP contribution in [0.1, 0.15) is 64.2 Å². The summed E-state index contributed by atoms with van der Waals surface area (Å²) in [5, 5.41) is 24.8. The van der Waals surface area contributed by atoms with E-state index in [2.05, 4.69) is 21.3 Å². The molecule has 6 amide bonds. The molecule has 0 radical (unpaired) electrons. The fraction of sp³-hybridized carbons (Fsp3) is 0.710. The van der Waals surface area contributed by atoms with Crippen LogP contribution in [-0.2, 0) is 52.6 Å². The van der Waals surface area contributed by atoms with Crippen LogP contribution in [0.3, 0.4) is 0 Å². The van der Waals surface area contributed by atoms with Gasteiger partial charge in [-0.15, -0.1) is 0 Å². The Kier molecular flexibility index (Phi) is 13.4. The lowest BCUT2D eigenvalue weighted by Gasteiger charge is -2.43. The van der Waals surface area contributed by atoms with Crippen molar-refractivity contribution in [3.05, 3.63) is 0 Å². The van der Waals surface area contributed by atoms with Gasteiger partial charge in [-0.1, -0.05) is 0 Å². The van der Waals surface area contributed by atoms with Crippen molar-refractivity contribution < 1.29 is 57.7 Å². The molecule has 0 bridgehead atoms. The molecule has 0 saturated carbocycles. The van der Waals surface area contributed by atoms with E-state index >= 15 is 0 Å². The van der Waals surface area contributed by atoms with Gasteiger partial charge in [0.25, 0.3) is 11.8 Å². The highest BCUT2D eigenvalue weighted by molar-refractivity contribution is 5.95. The number of rotatable bonds is 10. The Labute approximate surface area is 293 Å². The van der Waals surface area contributed by atoms with E-state index in [0.717, 1.165) is 5.01 Å². The maximum atomic E-state index is 12.9. The average molecular weight is 723 g/mol. The lowest BCUT2D eigenvalue weighted by molar-refractivity contribution is -0.177. The Morgan fingerprint density at radius 2 is 1.37 bits per heavy atom. The predicted molar refractivity (Wildman–Crippen MR) is 171 cm³/mol. The molecular weight excluding hydrogens is 676 g/mol. The molecule has 0 spiro atoms. The third kappa shape index (κ3) is 8.98. The summed E-state index contributed by atoms with van der Waals surface area (Å²) >= 11 is 0. The first kappa shape index (κ1) is 39.1. The smallest absolute Gasteiger partial charge is 0.310 e. The molecule has 0 aromatic heterocycles. The van der Waals surface area contributed by atoms with Crippen molar-refractivity contribution in [2.45, 2.75) is 107 Å². The number of hydrazine groups is 2. The summed E-state index contributed by atoms with van der Waals surface area (Å²) in [5.74, 6) is -3.81. The highest BCUT2D eigenvalue weighted by Gasteiger charge is 2.46. The number of carbonyl (C=O) groups is 9. The number of nitrogens with one attached hydrogen (secondary N) is 4. The molecule has 5 heterocycles. The highest BCUT2D eigenvalue weighted by Crippen LogP contribution is 2.27. The van der Waals surface area contributed by atoms with Gasteiger partial charge in [0.2, 0.25) is 29.9 Å². The minimum Gasteiger partial charge on any atom is -0.481 e. The van der Waals surface area contributed by atoms with Crippen LogP contribution < -0.4 is 21.3 Å². The number of methoxy groups -OCH3 is 1. The van der Waals surface area contributed by atoms with Gasteiger partial charge in [0.05, 0.1) is 31.0 Å². The predicted octanol–water partition coefficient (Wildman–Crippen LogP) is -3.23. The quantitative estimate of drug-likeness (QED) is 0.110. The molecule has 5 N–H and O–H groups in total. The molecule has 20 heteroatoms. The first-order valence-corrected chi connectivity index (χ1v) is 17.0. The molecule has 7 atom stereocenters. The van der Waals surface area contributed by atoms with Crippen molar-refractivity contribution in [3.8, 4) is 0 Å². The average Bonchev–Trinajstić information content (AvgIpc) is 3.35. The number of aliphatic carboxylic acids is 1. The van der Waals surface area contributed by atoms with Crippen molar-refractivity contribution in [2.24, 2.45) is 0 Å². The lowest BCUT2D eigenvalue weighted by atomic mass is 10.0. The largest absolute Gasteiger partial charge is 0.481 e. The number of hydrogen-bond acceptors (Lipinski definition) is 13. The van der Waals surface area contributed by atoms with E-state index in [1.807, 2.05) is 0 Å². The topological polar surface area (TPSA) is 253 Å². The number of carboxylic acid groups (broad SMARTS) is 1. The summed E-state index contributed by atoms with van der Waals surface area (Å²) in [6.45, 7) is 0.757. The van der Waals surface area contributed by atoms with Gasteiger partial charge in [0.1, 0.15) is 24.4 Å². The summed E-state index contributed by atoms with van der Waals surface area (Å²) < 4.78 is 10.0. The summed E-state index contributed by atoms with van der Waals surface area (Å²) in [5.41, 5.74) is 0. The molecule has 0 aliphatic carbocycles. The Balaban J connectivity index is 0.000000229. The zero-order valence-corrected chi connectivity index (χ0v) is 28.8.